The lowest BCUT2D eigenvalue weighted by Crippen LogP contribution is -2.47. The molecule has 1 heterocycles. The third-order valence-electron chi connectivity index (χ3n) is 2.23. The van der Waals surface area contributed by atoms with E-state index >= 15 is 0 Å². The third-order valence-corrected chi connectivity index (χ3v) is 2.23. The van der Waals surface area contributed by atoms with Gasteiger partial charge in [-0.05, 0) is 25.4 Å². The predicted molar refractivity (Wildman–Crippen MR) is 36.6 cm³/mol. The van der Waals surface area contributed by atoms with Crippen LogP contribution < -0.4 is 5.32 Å². The van der Waals surface area contributed by atoms with E-state index in [4.69, 9.17) is 0 Å². The topological polar surface area (TPSA) is 12.0 Å². The van der Waals surface area contributed by atoms with Crippen molar-refractivity contribution in [3.05, 3.63) is 0 Å². The van der Waals surface area contributed by atoms with Crippen molar-refractivity contribution < 1.29 is 26.3 Å². The van der Waals surface area contributed by atoms with Gasteiger partial charge in [-0.2, -0.15) is 26.3 Å². The van der Waals surface area contributed by atoms with Crippen molar-refractivity contribution in [2.45, 2.75) is 18.8 Å². The lowest BCUT2D eigenvalue weighted by molar-refractivity contribution is -0.288. The van der Waals surface area contributed by atoms with Gasteiger partial charge in [-0.25, -0.2) is 0 Å². The second-order valence-corrected chi connectivity index (χ2v) is 3.40. The van der Waals surface area contributed by atoms with Crippen molar-refractivity contribution in [2.24, 2.45) is 11.8 Å². The molecule has 1 fully saturated rings. The molecule has 1 aliphatic rings. The molecule has 14 heavy (non-hydrogen) atoms. The fraction of sp³-hybridized carbons (Fsp3) is 1.00. The van der Waals surface area contributed by atoms with Crippen LogP contribution in [-0.2, 0) is 0 Å². The highest BCUT2D eigenvalue weighted by molar-refractivity contribution is 4.83. The van der Waals surface area contributed by atoms with Gasteiger partial charge in [-0.1, -0.05) is 0 Å². The SMILES string of the molecule is FC(F)(F)C(CC1CNC1)C(F)(F)F. The Labute approximate surface area is 76.5 Å². The molecular formula is C7H9F6N. The molecule has 84 valence electrons. The van der Waals surface area contributed by atoms with Crippen LogP contribution >= 0.6 is 0 Å². The maximum Gasteiger partial charge on any atom is 0.400 e. The van der Waals surface area contributed by atoms with Gasteiger partial charge in [-0.3, -0.25) is 0 Å². The van der Waals surface area contributed by atoms with Crippen molar-refractivity contribution in [3.63, 3.8) is 0 Å². The Morgan fingerprint density at radius 1 is 1.00 bits per heavy atom. The highest BCUT2D eigenvalue weighted by atomic mass is 19.4. The van der Waals surface area contributed by atoms with Crippen LogP contribution in [0.15, 0.2) is 0 Å². The zero-order valence-corrected chi connectivity index (χ0v) is 7.04. The molecule has 1 nitrogen and oxygen atoms in total. The summed E-state index contributed by atoms with van der Waals surface area (Å²) in [4.78, 5) is 0. The van der Waals surface area contributed by atoms with Crippen molar-refractivity contribution in [3.8, 4) is 0 Å². The number of rotatable bonds is 2. The highest BCUT2D eigenvalue weighted by Gasteiger charge is 2.57. The highest BCUT2D eigenvalue weighted by Crippen LogP contribution is 2.43. The van der Waals surface area contributed by atoms with Crippen LogP contribution in [0.4, 0.5) is 26.3 Å². The first-order valence-corrected chi connectivity index (χ1v) is 4.05. The standard InChI is InChI=1S/C7H9F6N/c8-6(9,10)5(7(11,12)13)1-4-2-14-3-4/h4-5,14H,1-3H2. The summed E-state index contributed by atoms with van der Waals surface area (Å²) >= 11 is 0. The van der Waals surface area contributed by atoms with E-state index in [1.165, 1.54) is 0 Å². The van der Waals surface area contributed by atoms with Crippen LogP contribution in [0.25, 0.3) is 0 Å². The fourth-order valence-corrected chi connectivity index (χ4v) is 1.30. The van der Waals surface area contributed by atoms with E-state index < -0.39 is 30.6 Å². The Kier molecular flexibility index (Phi) is 2.99. The van der Waals surface area contributed by atoms with Crippen molar-refractivity contribution in [2.75, 3.05) is 13.1 Å². The Hall–Kier alpha value is -0.460. The summed E-state index contributed by atoms with van der Waals surface area (Å²) in [5, 5.41) is 2.63. The van der Waals surface area contributed by atoms with E-state index in [0.29, 0.717) is 0 Å². The van der Waals surface area contributed by atoms with Crippen LogP contribution in [0.3, 0.4) is 0 Å². The van der Waals surface area contributed by atoms with E-state index in [2.05, 4.69) is 5.32 Å². The summed E-state index contributed by atoms with van der Waals surface area (Å²) in [5.41, 5.74) is 0. The summed E-state index contributed by atoms with van der Waals surface area (Å²) < 4.78 is 72.0. The number of nitrogens with one attached hydrogen (secondary N) is 1. The Balaban J connectivity index is 2.61. The molecule has 0 radical (unpaired) electrons. The molecule has 1 aliphatic heterocycles. The Morgan fingerprint density at radius 3 is 1.64 bits per heavy atom. The molecule has 1 saturated heterocycles. The van der Waals surface area contributed by atoms with E-state index in [-0.39, 0.29) is 13.1 Å². The minimum Gasteiger partial charge on any atom is -0.316 e. The van der Waals surface area contributed by atoms with Crippen molar-refractivity contribution >= 4 is 0 Å². The molecule has 0 amide bonds. The summed E-state index contributed by atoms with van der Waals surface area (Å²) in [5.74, 6) is -3.69. The quantitative estimate of drug-likeness (QED) is 0.705. The van der Waals surface area contributed by atoms with Crippen LogP contribution in [-0.4, -0.2) is 25.4 Å². The third kappa shape index (κ3) is 2.76. The van der Waals surface area contributed by atoms with Gasteiger partial charge in [0.1, 0.15) is 0 Å². The largest absolute Gasteiger partial charge is 0.400 e. The molecule has 0 aromatic heterocycles. The molecule has 1 N–H and O–H groups in total. The second-order valence-electron chi connectivity index (χ2n) is 3.40. The number of alkyl halides is 6. The monoisotopic (exact) mass is 221 g/mol. The van der Waals surface area contributed by atoms with Gasteiger partial charge < -0.3 is 5.32 Å². The first-order chi connectivity index (χ1) is 6.21. The molecule has 0 aromatic rings. The molecule has 0 aliphatic carbocycles. The number of hydrogen-bond donors (Lipinski definition) is 1. The van der Waals surface area contributed by atoms with Gasteiger partial charge in [0.2, 0.25) is 0 Å². The Bertz CT molecular complexity index is 177. The molecular weight excluding hydrogens is 212 g/mol. The summed E-state index contributed by atoms with van der Waals surface area (Å²) in [6.45, 7) is 0.478. The van der Waals surface area contributed by atoms with Gasteiger partial charge in [0.05, 0.1) is 0 Å². The van der Waals surface area contributed by atoms with Gasteiger partial charge in [-0.15, -0.1) is 0 Å². The summed E-state index contributed by atoms with van der Waals surface area (Å²) in [7, 11) is 0. The van der Waals surface area contributed by atoms with Crippen molar-refractivity contribution in [1.29, 1.82) is 0 Å². The maximum absolute atomic E-state index is 12.0. The lowest BCUT2D eigenvalue weighted by Gasteiger charge is -2.32. The van der Waals surface area contributed by atoms with Crippen LogP contribution in [0.5, 0.6) is 0 Å². The fourth-order valence-electron chi connectivity index (χ4n) is 1.30. The van der Waals surface area contributed by atoms with Crippen LogP contribution in [0.1, 0.15) is 6.42 Å². The molecule has 0 spiro atoms. The minimum absolute atomic E-state index is 0.239. The Morgan fingerprint density at radius 2 is 1.43 bits per heavy atom. The second kappa shape index (κ2) is 3.60. The first-order valence-electron chi connectivity index (χ1n) is 4.05. The predicted octanol–water partition coefficient (Wildman–Crippen LogP) is 2.34. The van der Waals surface area contributed by atoms with Crippen molar-refractivity contribution in [1.82, 2.24) is 5.32 Å². The molecule has 0 saturated carbocycles. The van der Waals surface area contributed by atoms with Crippen LogP contribution in [0, 0.1) is 11.8 Å². The maximum atomic E-state index is 12.0. The molecule has 0 atom stereocenters. The van der Waals surface area contributed by atoms with Gasteiger partial charge in [0.25, 0.3) is 0 Å². The van der Waals surface area contributed by atoms with Gasteiger partial charge >= 0.3 is 12.4 Å². The first kappa shape index (κ1) is 11.6. The molecule has 0 unspecified atom stereocenters. The van der Waals surface area contributed by atoms with Gasteiger partial charge in [0, 0.05) is 0 Å². The number of halogens is 6. The zero-order valence-electron chi connectivity index (χ0n) is 7.04. The van der Waals surface area contributed by atoms with E-state index in [1.807, 2.05) is 0 Å². The van der Waals surface area contributed by atoms with Gasteiger partial charge in [0.15, 0.2) is 5.92 Å². The summed E-state index contributed by atoms with van der Waals surface area (Å²) in [6.07, 6.45) is -11.2. The number of hydrogen-bond acceptors (Lipinski definition) is 1. The van der Waals surface area contributed by atoms with E-state index in [1.54, 1.807) is 0 Å². The molecule has 0 bridgehead atoms. The van der Waals surface area contributed by atoms with E-state index in [9.17, 15) is 26.3 Å². The van der Waals surface area contributed by atoms with E-state index in [0.717, 1.165) is 0 Å². The molecule has 7 heteroatoms. The molecule has 0 aromatic carbocycles. The molecule has 1 rings (SSSR count). The zero-order chi connectivity index (χ0) is 11.0. The smallest absolute Gasteiger partial charge is 0.316 e. The average molecular weight is 221 g/mol. The lowest BCUT2D eigenvalue weighted by atomic mass is 9.89. The average Bonchev–Trinajstić information content (AvgIpc) is 1.76. The van der Waals surface area contributed by atoms with Crippen LogP contribution in [0.2, 0.25) is 0 Å². The summed E-state index contributed by atoms with van der Waals surface area (Å²) in [6, 6.07) is 0. The minimum atomic E-state index is -5.19. The normalized spacial score (nSPS) is 19.9.